The van der Waals surface area contributed by atoms with Crippen LogP contribution in [0, 0.1) is 12.8 Å². The molecule has 0 saturated heterocycles. The predicted molar refractivity (Wildman–Crippen MR) is 73.1 cm³/mol. The first-order valence-electron chi connectivity index (χ1n) is 6.19. The fourth-order valence-electron chi connectivity index (χ4n) is 2.40. The lowest BCUT2D eigenvalue weighted by Gasteiger charge is -2.28. The largest absolute Gasteiger partial charge is 0.493 e. The van der Waals surface area contributed by atoms with E-state index in [1.807, 2.05) is 24.3 Å². The van der Waals surface area contributed by atoms with Gasteiger partial charge in [0.15, 0.2) is 0 Å². The molecule has 1 aliphatic rings. The fourth-order valence-corrected chi connectivity index (χ4v) is 3.36. The standard InChI is InChI=1S/C15H16O2S/c1-10-6-7-14(18-10)15(16)12-8-11-4-2-3-5-13(11)17-9-12/h2-7,12,15-16H,8-9H2,1H3. The van der Waals surface area contributed by atoms with Crippen molar-refractivity contribution in [2.75, 3.05) is 6.61 Å². The molecule has 2 heterocycles. The molecular weight excluding hydrogens is 244 g/mol. The minimum atomic E-state index is -0.419. The smallest absolute Gasteiger partial charge is 0.122 e. The first-order chi connectivity index (χ1) is 8.74. The van der Waals surface area contributed by atoms with Crippen molar-refractivity contribution in [1.29, 1.82) is 0 Å². The summed E-state index contributed by atoms with van der Waals surface area (Å²) in [4.78, 5) is 2.28. The number of thiophene rings is 1. The van der Waals surface area contributed by atoms with Crippen LogP contribution in [-0.2, 0) is 6.42 Å². The van der Waals surface area contributed by atoms with Crippen LogP contribution in [0.15, 0.2) is 36.4 Å². The second-order valence-electron chi connectivity index (χ2n) is 4.78. The van der Waals surface area contributed by atoms with Gasteiger partial charge in [-0.1, -0.05) is 18.2 Å². The lowest BCUT2D eigenvalue weighted by atomic mass is 9.91. The SMILES string of the molecule is Cc1ccc(C(O)C2COc3ccccc3C2)s1. The number of aryl methyl sites for hydroxylation is 1. The second kappa shape index (κ2) is 4.75. The second-order valence-corrected chi connectivity index (χ2v) is 6.10. The molecule has 1 N–H and O–H groups in total. The molecule has 1 aromatic carbocycles. The normalized spacial score (nSPS) is 20.0. The number of hydrogen-bond acceptors (Lipinski definition) is 3. The first kappa shape index (κ1) is 11.8. The zero-order valence-electron chi connectivity index (χ0n) is 10.3. The molecule has 0 saturated carbocycles. The van der Waals surface area contributed by atoms with E-state index in [0.717, 1.165) is 17.0 Å². The van der Waals surface area contributed by atoms with E-state index in [1.165, 1.54) is 10.4 Å². The number of aliphatic hydroxyl groups excluding tert-OH is 1. The van der Waals surface area contributed by atoms with Gasteiger partial charge in [-0.25, -0.2) is 0 Å². The molecule has 0 aliphatic carbocycles. The van der Waals surface area contributed by atoms with Gasteiger partial charge in [0.1, 0.15) is 5.75 Å². The quantitative estimate of drug-likeness (QED) is 0.897. The van der Waals surface area contributed by atoms with Gasteiger partial charge in [-0.2, -0.15) is 0 Å². The third-order valence-electron chi connectivity index (χ3n) is 3.41. The number of aliphatic hydroxyl groups is 1. The van der Waals surface area contributed by atoms with Gasteiger partial charge in [-0.15, -0.1) is 11.3 Å². The molecule has 2 unspecified atom stereocenters. The van der Waals surface area contributed by atoms with Crippen LogP contribution in [0.3, 0.4) is 0 Å². The van der Waals surface area contributed by atoms with Crippen molar-refractivity contribution in [1.82, 2.24) is 0 Å². The van der Waals surface area contributed by atoms with Gasteiger partial charge in [0.25, 0.3) is 0 Å². The van der Waals surface area contributed by atoms with Crippen molar-refractivity contribution >= 4 is 11.3 Å². The minimum Gasteiger partial charge on any atom is -0.493 e. The van der Waals surface area contributed by atoms with Crippen LogP contribution in [0.25, 0.3) is 0 Å². The zero-order chi connectivity index (χ0) is 12.5. The molecule has 1 aromatic heterocycles. The molecule has 0 amide bonds. The number of hydrogen-bond donors (Lipinski definition) is 1. The predicted octanol–water partition coefficient (Wildman–Crippen LogP) is 3.34. The number of rotatable bonds is 2. The van der Waals surface area contributed by atoms with Crippen LogP contribution >= 0.6 is 11.3 Å². The van der Waals surface area contributed by atoms with E-state index in [0.29, 0.717) is 6.61 Å². The van der Waals surface area contributed by atoms with Crippen molar-refractivity contribution in [3.05, 3.63) is 51.7 Å². The molecule has 2 nitrogen and oxygen atoms in total. The highest BCUT2D eigenvalue weighted by atomic mass is 32.1. The average Bonchev–Trinajstić information content (AvgIpc) is 2.84. The van der Waals surface area contributed by atoms with Crippen LogP contribution in [0.4, 0.5) is 0 Å². The van der Waals surface area contributed by atoms with Crippen LogP contribution in [-0.4, -0.2) is 11.7 Å². The molecule has 0 radical (unpaired) electrons. The molecule has 94 valence electrons. The maximum atomic E-state index is 10.4. The van der Waals surface area contributed by atoms with Crippen LogP contribution in [0.1, 0.15) is 21.4 Å². The minimum absolute atomic E-state index is 0.151. The Bertz CT molecular complexity index is 547. The Balaban J connectivity index is 1.79. The van der Waals surface area contributed by atoms with Crippen LogP contribution < -0.4 is 4.74 Å². The van der Waals surface area contributed by atoms with Crippen molar-refractivity contribution in [2.45, 2.75) is 19.4 Å². The highest BCUT2D eigenvalue weighted by Gasteiger charge is 2.27. The summed E-state index contributed by atoms with van der Waals surface area (Å²) in [6.45, 7) is 2.66. The van der Waals surface area contributed by atoms with Gasteiger partial charge in [0.2, 0.25) is 0 Å². The molecule has 0 bridgehead atoms. The molecule has 3 rings (SSSR count). The van der Waals surface area contributed by atoms with Gasteiger partial charge < -0.3 is 9.84 Å². The third-order valence-corrected chi connectivity index (χ3v) is 4.48. The Labute approximate surface area is 111 Å². The van der Waals surface area contributed by atoms with Crippen LogP contribution in [0.5, 0.6) is 5.75 Å². The van der Waals surface area contributed by atoms with Gasteiger partial charge in [-0.05, 0) is 37.1 Å². The summed E-state index contributed by atoms with van der Waals surface area (Å²) >= 11 is 1.67. The Morgan fingerprint density at radius 3 is 2.89 bits per heavy atom. The average molecular weight is 260 g/mol. The highest BCUT2D eigenvalue weighted by molar-refractivity contribution is 7.12. The molecule has 2 atom stereocenters. The van der Waals surface area contributed by atoms with E-state index in [4.69, 9.17) is 4.74 Å². The van der Waals surface area contributed by atoms with Crippen molar-refractivity contribution in [3.8, 4) is 5.75 Å². The van der Waals surface area contributed by atoms with Gasteiger partial charge in [0.05, 0.1) is 12.7 Å². The maximum Gasteiger partial charge on any atom is 0.122 e. The summed E-state index contributed by atoms with van der Waals surface area (Å²) in [5, 5.41) is 10.4. The van der Waals surface area contributed by atoms with Gasteiger partial charge in [0, 0.05) is 15.7 Å². The van der Waals surface area contributed by atoms with Gasteiger partial charge in [-0.3, -0.25) is 0 Å². The molecule has 3 heteroatoms. The van der Waals surface area contributed by atoms with E-state index < -0.39 is 6.10 Å². The molecule has 0 spiro atoms. The summed E-state index contributed by atoms with van der Waals surface area (Å²) in [5.41, 5.74) is 1.20. The van der Waals surface area contributed by atoms with E-state index in [-0.39, 0.29) is 5.92 Å². The Morgan fingerprint density at radius 1 is 1.28 bits per heavy atom. The van der Waals surface area contributed by atoms with E-state index in [2.05, 4.69) is 19.1 Å². The number of fused-ring (bicyclic) bond motifs is 1. The number of benzene rings is 1. The van der Waals surface area contributed by atoms with E-state index in [1.54, 1.807) is 11.3 Å². The Kier molecular flexibility index (Phi) is 3.10. The monoisotopic (exact) mass is 260 g/mol. The summed E-state index contributed by atoms with van der Waals surface area (Å²) in [7, 11) is 0. The summed E-state index contributed by atoms with van der Waals surface area (Å²) in [6.07, 6.45) is 0.464. The molecular formula is C15H16O2S. The molecule has 2 aromatic rings. The number of para-hydroxylation sites is 1. The summed E-state index contributed by atoms with van der Waals surface area (Å²) in [6, 6.07) is 12.2. The maximum absolute atomic E-state index is 10.4. The Hall–Kier alpha value is -1.32. The fraction of sp³-hybridized carbons (Fsp3) is 0.333. The highest BCUT2D eigenvalue weighted by Crippen LogP contribution is 2.35. The van der Waals surface area contributed by atoms with Crippen molar-refractivity contribution < 1.29 is 9.84 Å². The van der Waals surface area contributed by atoms with E-state index in [9.17, 15) is 5.11 Å². The lowest BCUT2D eigenvalue weighted by Crippen LogP contribution is -2.26. The molecule has 0 fully saturated rings. The summed E-state index contributed by atoms with van der Waals surface area (Å²) < 4.78 is 5.73. The first-order valence-corrected chi connectivity index (χ1v) is 7.01. The topological polar surface area (TPSA) is 29.5 Å². The molecule has 18 heavy (non-hydrogen) atoms. The number of ether oxygens (including phenoxy) is 1. The summed E-state index contributed by atoms with van der Waals surface area (Å²) in [5.74, 6) is 1.11. The van der Waals surface area contributed by atoms with Crippen molar-refractivity contribution in [2.24, 2.45) is 5.92 Å². The van der Waals surface area contributed by atoms with E-state index >= 15 is 0 Å². The van der Waals surface area contributed by atoms with Crippen LogP contribution in [0.2, 0.25) is 0 Å². The third kappa shape index (κ3) is 2.16. The Morgan fingerprint density at radius 2 is 2.11 bits per heavy atom. The van der Waals surface area contributed by atoms with Gasteiger partial charge >= 0.3 is 0 Å². The van der Waals surface area contributed by atoms with Crippen molar-refractivity contribution in [3.63, 3.8) is 0 Å². The zero-order valence-corrected chi connectivity index (χ0v) is 11.1. The lowest BCUT2D eigenvalue weighted by molar-refractivity contribution is 0.0670. The molecule has 1 aliphatic heterocycles.